The molecule has 0 spiro atoms. The summed E-state index contributed by atoms with van der Waals surface area (Å²) < 4.78 is 16.7. The van der Waals surface area contributed by atoms with E-state index >= 15 is 0 Å². The van der Waals surface area contributed by atoms with Crippen LogP contribution in [0.1, 0.15) is 194 Å². The first-order chi connectivity index (χ1) is 32.5. The molecule has 0 saturated carbocycles. The number of carbonyl (C=O) groups excluding carboxylic acids is 3. The second-order valence-corrected chi connectivity index (χ2v) is 16.4. The maximum absolute atomic E-state index is 12.8. The van der Waals surface area contributed by atoms with Crippen molar-refractivity contribution in [1.82, 2.24) is 0 Å². The van der Waals surface area contributed by atoms with Crippen LogP contribution < -0.4 is 0 Å². The molecular weight excluding hydrogens is 817 g/mol. The Labute approximate surface area is 404 Å². The molecule has 0 fully saturated rings. The molecule has 0 aromatic heterocycles. The van der Waals surface area contributed by atoms with Gasteiger partial charge in [-0.25, -0.2) is 0 Å². The minimum absolute atomic E-state index is 0.118. The van der Waals surface area contributed by atoms with Gasteiger partial charge in [0, 0.05) is 19.3 Å². The SMILES string of the molecule is CC\C=C/C=C\C=C/C=C\C=C\C=C/CCCCCC(=O)OC(COC(=O)CCCC/C=C\C/C=C\C/C=C\CC)COC(=O)CCCCCCCCCCC/C=C\C/C=C\C/C=C\CC. The van der Waals surface area contributed by atoms with Crippen molar-refractivity contribution in [3.05, 3.63) is 146 Å². The molecule has 0 saturated heterocycles. The fraction of sp³-hybridized carbons (Fsp3) is 0.550. The molecule has 0 heterocycles. The molecule has 368 valence electrons. The van der Waals surface area contributed by atoms with Crippen molar-refractivity contribution in [2.45, 2.75) is 200 Å². The zero-order valence-corrected chi connectivity index (χ0v) is 41.9. The van der Waals surface area contributed by atoms with Gasteiger partial charge in [0.15, 0.2) is 6.10 Å². The number of ether oxygens (including phenoxy) is 3. The van der Waals surface area contributed by atoms with E-state index in [2.05, 4.69) is 106 Å². The molecule has 0 amide bonds. The maximum atomic E-state index is 12.8. The highest BCUT2D eigenvalue weighted by atomic mass is 16.6. The standard InChI is InChI=1S/C60H92O6/c1-4-7-10-13-16-19-22-25-27-29-30-32-33-35-38-41-44-47-50-53-59(62)65-56-57(55-64-58(61)52-49-46-43-40-37-24-21-18-15-12-9-6-3)66-60(63)54-51-48-45-42-39-36-34-31-28-26-23-20-17-14-11-8-5-2/h7-12,14,16-21,23,25-28,31,34,36-37,39-40,57H,4-6,13,15,22,24,29-30,32-33,35,38,41-56H2,1-3H3/b10-7-,11-8-,12-9-,17-14-,19-16-,21-18-,23-20-,27-25-,28-26-,34-31+,39-36-,40-37-. The van der Waals surface area contributed by atoms with Crippen LogP contribution in [0.4, 0.5) is 0 Å². The van der Waals surface area contributed by atoms with Crippen molar-refractivity contribution in [3.63, 3.8) is 0 Å². The third kappa shape index (κ3) is 50.3. The Bertz CT molecular complexity index is 1510. The van der Waals surface area contributed by atoms with Crippen LogP contribution in [0, 0.1) is 0 Å². The lowest BCUT2D eigenvalue weighted by Gasteiger charge is -2.18. The van der Waals surface area contributed by atoms with Crippen molar-refractivity contribution in [3.8, 4) is 0 Å². The van der Waals surface area contributed by atoms with E-state index in [1.807, 2.05) is 60.8 Å². The van der Waals surface area contributed by atoms with E-state index in [0.29, 0.717) is 25.7 Å². The third-order valence-corrected chi connectivity index (χ3v) is 10.2. The molecule has 0 aliphatic heterocycles. The summed E-state index contributed by atoms with van der Waals surface area (Å²) in [4.78, 5) is 38.0. The van der Waals surface area contributed by atoms with Gasteiger partial charge in [-0.05, 0) is 103 Å². The molecule has 0 aromatic rings. The van der Waals surface area contributed by atoms with Gasteiger partial charge in [0.2, 0.25) is 0 Å². The van der Waals surface area contributed by atoms with Gasteiger partial charge in [0.1, 0.15) is 13.2 Å². The van der Waals surface area contributed by atoms with Crippen LogP contribution in [0.3, 0.4) is 0 Å². The number of unbranched alkanes of at least 4 members (excludes halogenated alkanes) is 14. The maximum Gasteiger partial charge on any atom is 0.306 e. The van der Waals surface area contributed by atoms with E-state index in [-0.39, 0.29) is 37.5 Å². The van der Waals surface area contributed by atoms with Crippen LogP contribution in [0.5, 0.6) is 0 Å². The van der Waals surface area contributed by atoms with Crippen molar-refractivity contribution < 1.29 is 28.6 Å². The zero-order valence-electron chi connectivity index (χ0n) is 41.9. The van der Waals surface area contributed by atoms with E-state index in [1.54, 1.807) is 0 Å². The molecule has 66 heavy (non-hydrogen) atoms. The lowest BCUT2D eigenvalue weighted by Crippen LogP contribution is -2.30. The zero-order chi connectivity index (χ0) is 47.9. The molecule has 6 nitrogen and oxygen atoms in total. The summed E-state index contributed by atoms with van der Waals surface area (Å²) in [6, 6.07) is 0. The number of esters is 3. The van der Waals surface area contributed by atoms with Gasteiger partial charge in [-0.1, -0.05) is 218 Å². The van der Waals surface area contributed by atoms with Crippen molar-refractivity contribution >= 4 is 17.9 Å². The van der Waals surface area contributed by atoms with Crippen LogP contribution in [-0.2, 0) is 28.6 Å². The Balaban J connectivity index is 4.53. The Morgan fingerprint density at radius 3 is 1.08 bits per heavy atom. The Morgan fingerprint density at radius 1 is 0.318 bits per heavy atom. The second-order valence-electron chi connectivity index (χ2n) is 16.4. The summed E-state index contributed by atoms with van der Waals surface area (Å²) >= 11 is 0. The van der Waals surface area contributed by atoms with E-state index in [9.17, 15) is 14.4 Å². The fourth-order valence-corrected chi connectivity index (χ4v) is 6.44. The average Bonchev–Trinajstić information content (AvgIpc) is 3.31. The van der Waals surface area contributed by atoms with Crippen LogP contribution in [0.2, 0.25) is 0 Å². The number of hydrogen-bond donors (Lipinski definition) is 0. The predicted octanol–water partition coefficient (Wildman–Crippen LogP) is 17.3. The van der Waals surface area contributed by atoms with Gasteiger partial charge in [0.25, 0.3) is 0 Å². The topological polar surface area (TPSA) is 78.9 Å². The molecule has 1 atom stereocenters. The van der Waals surface area contributed by atoms with Gasteiger partial charge in [-0.15, -0.1) is 0 Å². The third-order valence-electron chi connectivity index (χ3n) is 10.2. The fourth-order valence-electron chi connectivity index (χ4n) is 6.44. The summed E-state index contributed by atoms with van der Waals surface area (Å²) in [5.41, 5.74) is 0. The first-order valence-electron chi connectivity index (χ1n) is 25.9. The molecule has 0 N–H and O–H groups in total. The second kappa shape index (κ2) is 52.9. The molecule has 0 aliphatic carbocycles. The van der Waals surface area contributed by atoms with E-state index in [4.69, 9.17) is 14.2 Å². The minimum atomic E-state index is -0.825. The Morgan fingerprint density at radius 2 is 0.621 bits per heavy atom. The summed E-state index contributed by atoms with van der Waals surface area (Å²) in [6.45, 7) is 6.16. The lowest BCUT2D eigenvalue weighted by atomic mass is 10.1. The molecule has 0 bridgehead atoms. The number of hydrogen-bond acceptors (Lipinski definition) is 6. The number of allylic oxidation sites excluding steroid dienone is 24. The molecule has 6 heteroatoms. The molecule has 1 unspecified atom stereocenters. The molecular formula is C60H92O6. The van der Waals surface area contributed by atoms with Crippen molar-refractivity contribution in [2.75, 3.05) is 13.2 Å². The van der Waals surface area contributed by atoms with Gasteiger partial charge in [-0.2, -0.15) is 0 Å². The van der Waals surface area contributed by atoms with Gasteiger partial charge in [-0.3, -0.25) is 14.4 Å². The van der Waals surface area contributed by atoms with E-state index in [1.165, 1.54) is 38.5 Å². The number of rotatable bonds is 44. The summed E-state index contributed by atoms with van der Waals surface area (Å²) in [5.74, 6) is -1.02. The highest BCUT2D eigenvalue weighted by Crippen LogP contribution is 2.13. The Kier molecular flexibility index (Phi) is 49.1. The lowest BCUT2D eigenvalue weighted by molar-refractivity contribution is -0.167. The van der Waals surface area contributed by atoms with Crippen molar-refractivity contribution in [1.29, 1.82) is 0 Å². The highest BCUT2D eigenvalue weighted by molar-refractivity contribution is 5.71. The highest BCUT2D eigenvalue weighted by Gasteiger charge is 2.19. The summed E-state index contributed by atoms with van der Waals surface area (Å²) in [7, 11) is 0. The largest absolute Gasteiger partial charge is 0.462 e. The first-order valence-corrected chi connectivity index (χ1v) is 25.9. The van der Waals surface area contributed by atoms with Crippen LogP contribution in [0.25, 0.3) is 0 Å². The van der Waals surface area contributed by atoms with Gasteiger partial charge in [0.05, 0.1) is 0 Å². The Hall–Kier alpha value is -4.71. The quantitative estimate of drug-likeness (QED) is 0.0199. The monoisotopic (exact) mass is 909 g/mol. The number of carbonyl (C=O) groups is 3. The summed E-state index contributed by atoms with van der Waals surface area (Å²) in [5, 5.41) is 0. The van der Waals surface area contributed by atoms with Gasteiger partial charge >= 0.3 is 17.9 Å². The van der Waals surface area contributed by atoms with Crippen LogP contribution in [-0.4, -0.2) is 37.2 Å². The molecule has 0 rings (SSSR count). The van der Waals surface area contributed by atoms with Crippen LogP contribution in [0.15, 0.2) is 146 Å². The average molecular weight is 909 g/mol. The summed E-state index contributed by atoms with van der Waals surface area (Å²) in [6.07, 6.45) is 75.5. The minimum Gasteiger partial charge on any atom is -0.462 e. The first kappa shape index (κ1) is 61.3. The molecule has 0 aliphatic rings. The predicted molar refractivity (Wildman–Crippen MR) is 283 cm³/mol. The van der Waals surface area contributed by atoms with Crippen molar-refractivity contribution in [2.24, 2.45) is 0 Å². The van der Waals surface area contributed by atoms with E-state index in [0.717, 1.165) is 103 Å². The molecule has 0 radical (unpaired) electrons. The van der Waals surface area contributed by atoms with Crippen LogP contribution >= 0.6 is 0 Å². The van der Waals surface area contributed by atoms with Gasteiger partial charge < -0.3 is 14.2 Å². The molecule has 0 aromatic carbocycles. The normalized spacial score (nSPS) is 13.3. The van der Waals surface area contributed by atoms with E-state index < -0.39 is 6.10 Å². The smallest absolute Gasteiger partial charge is 0.306 e.